The summed E-state index contributed by atoms with van der Waals surface area (Å²) in [4.78, 5) is 0. The van der Waals surface area contributed by atoms with Gasteiger partial charge in [0.1, 0.15) is 0 Å². The summed E-state index contributed by atoms with van der Waals surface area (Å²) in [5.74, 6) is 0. The van der Waals surface area contributed by atoms with Gasteiger partial charge in [-0.3, -0.25) is 4.39 Å². The predicted octanol–water partition coefficient (Wildman–Crippen LogP) is 3.90. The fourth-order valence-corrected chi connectivity index (χ4v) is 1.48. The van der Waals surface area contributed by atoms with E-state index in [0.29, 0.717) is 22.9 Å². The Morgan fingerprint density at radius 2 is 2.00 bits per heavy atom. The molecule has 0 radical (unpaired) electrons. The van der Waals surface area contributed by atoms with Gasteiger partial charge in [-0.05, 0) is 30.5 Å². The highest BCUT2D eigenvalue weighted by molar-refractivity contribution is 6.35. The van der Waals surface area contributed by atoms with Crippen LogP contribution in [-0.4, -0.2) is 6.67 Å². The van der Waals surface area contributed by atoms with E-state index < -0.39 is 0 Å². The van der Waals surface area contributed by atoms with Gasteiger partial charge in [0.2, 0.25) is 0 Å². The van der Waals surface area contributed by atoms with Gasteiger partial charge < -0.3 is 0 Å². The van der Waals surface area contributed by atoms with Crippen molar-refractivity contribution in [2.45, 2.75) is 12.8 Å². The lowest BCUT2D eigenvalue weighted by Gasteiger charge is -2.01. The van der Waals surface area contributed by atoms with Gasteiger partial charge >= 0.3 is 0 Å². The molecule has 0 atom stereocenters. The molecule has 66 valence electrons. The van der Waals surface area contributed by atoms with Gasteiger partial charge in [-0.2, -0.15) is 0 Å². The van der Waals surface area contributed by atoms with Crippen molar-refractivity contribution in [1.29, 1.82) is 0 Å². The minimum absolute atomic E-state index is 0.307. The number of hydrogen-bond acceptors (Lipinski definition) is 0. The summed E-state index contributed by atoms with van der Waals surface area (Å²) in [6, 6.07) is 5.28. The van der Waals surface area contributed by atoms with Crippen LogP contribution in [0.5, 0.6) is 0 Å². The van der Waals surface area contributed by atoms with Gasteiger partial charge in [-0.1, -0.05) is 29.3 Å². The van der Waals surface area contributed by atoms with Crippen molar-refractivity contribution in [3.63, 3.8) is 0 Å². The number of benzene rings is 1. The van der Waals surface area contributed by atoms with E-state index in [9.17, 15) is 4.39 Å². The highest BCUT2D eigenvalue weighted by Gasteiger charge is 2.00. The molecule has 0 aliphatic heterocycles. The highest BCUT2D eigenvalue weighted by Crippen LogP contribution is 2.21. The van der Waals surface area contributed by atoms with Crippen molar-refractivity contribution < 1.29 is 4.39 Å². The van der Waals surface area contributed by atoms with Crippen molar-refractivity contribution in [3.8, 4) is 0 Å². The summed E-state index contributed by atoms with van der Waals surface area (Å²) in [5, 5.41) is 1.24. The maximum Gasteiger partial charge on any atom is 0.0897 e. The lowest BCUT2D eigenvalue weighted by atomic mass is 10.1. The zero-order valence-corrected chi connectivity index (χ0v) is 8.00. The SMILES string of the molecule is FCCCc1ccc(Cl)cc1Cl. The molecular formula is C9H9Cl2F. The normalized spacial score (nSPS) is 10.2. The van der Waals surface area contributed by atoms with Gasteiger partial charge in [0.15, 0.2) is 0 Å². The maximum atomic E-state index is 11.8. The molecule has 0 aliphatic rings. The number of alkyl halides is 1. The third-order valence-corrected chi connectivity index (χ3v) is 2.18. The van der Waals surface area contributed by atoms with E-state index >= 15 is 0 Å². The van der Waals surface area contributed by atoms with Crippen LogP contribution in [0.2, 0.25) is 10.0 Å². The third kappa shape index (κ3) is 2.65. The van der Waals surface area contributed by atoms with Crippen molar-refractivity contribution in [3.05, 3.63) is 33.8 Å². The number of hydrogen-bond donors (Lipinski definition) is 0. The highest BCUT2D eigenvalue weighted by atomic mass is 35.5. The van der Waals surface area contributed by atoms with Crippen LogP contribution in [0.3, 0.4) is 0 Å². The molecule has 0 heterocycles. The first-order valence-corrected chi connectivity index (χ1v) is 4.49. The van der Waals surface area contributed by atoms with Crippen LogP contribution in [0.25, 0.3) is 0 Å². The molecule has 0 unspecified atom stereocenters. The maximum absolute atomic E-state index is 11.8. The monoisotopic (exact) mass is 206 g/mol. The van der Waals surface area contributed by atoms with Crippen molar-refractivity contribution in [2.24, 2.45) is 0 Å². The van der Waals surface area contributed by atoms with Crippen molar-refractivity contribution in [1.82, 2.24) is 0 Å². The molecule has 0 saturated heterocycles. The Morgan fingerprint density at radius 1 is 1.25 bits per heavy atom. The Hall–Kier alpha value is -0.270. The molecule has 0 bridgehead atoms. The van der Waals surface area contributed by atoms with Crippen molar-refractivity contribution in [2.75, 3.05) is 6.67 Å². The zero-order valence-electron chi connectivity index (χ0n) is 6.49. The van der Waals surface area contributed by atoms with Crippen LogP contribution in [0.1, 0.15) is 12.0 Å². The quantitative estimate of drug-likeness (QED) is 0.705. The van der Waals surface area contributed by atoms with Gasteiger partial charge in [-0.15, -0.1) is 0 Å². The fourth-order valence-electron chi connectivity index (χ4n) is 0.982. The van der Waals surface area contributed by atoms with E-state index in [-0.39, 0.29) is 6.67 Å². The van der Waals surface area contributed by atoms with E-state index in [1.807, 2.05) is 6.07 Å². The van der Waals surface area contributed by atoms with E-state index in [2.05, 4.69) is 0 Å². The topological polar surface area (TPSA) is 0 Å². The first kappa shape index (κ1) is 9.82. The third-order valence-electron chi connectivity index (χ3n) is 1.59. The predicted molar refractivity (Wildman–Crippen MR) is 50.8 cm³/mol. The minimum Gasteiger partial charge on any atom is -0.251 e. The average Bonchev–Trinajstić information content (AvgIpc) is 2.03. The Labute approximate surface area is 81.3 Å². The van der Waals surface area contributed by atoms with Crippen LogP contribution >= 0.6 is 23.2 Å². The van der Waals surface area contributed by atoms with Gasteiger partial charge in [0.25, 0.3) is 0 Å². The van der Waals surface area contributed by atoms with Crippen LogP contribution in [0.15, 0.2) is 18.2 Å². The summed E-state index contributed by atoms with van der Waals surface area (Å²) in [7, 11) is 0. The molecule has 0 spiro atoms. The van der Waals surface area contributed by atoms with E-state index in [1.165, 1.54) is 0 Å². The lowest BCUT2D eigenvalue weighted by molar-refractivity contribution is 0.473. The Bertz CT molecular complexity index is 261. The lowest BCUT2D eigenvalue weighted by Crippen LogP contribution is -1.87. The van der Waals surface area contributed by atoms with Gasteiger partial charge in [0.05, 0.1) is 6.67 Å². The molecule has 0 N–H and O–H groups in total. The Kier molecular flexibility index (Phi) is 3.83. The van der Waals surface area contributed by atoms with Gasteiger partial charge in [-0.25, -0.2) is 0 Å². The summed E-state index contributed by atoms with van der Waals surface area (Å²) in [5.41, 5.74) is 0.957. The minimum atomic E-state index is -0.307. The van der Waals surface area contributed by atoms with E-state index in [4.69, 9.17) is 23.2 Å². The summed E-state index contributed by atoms with van der Waals surface area (Å²) < 4.78 is 11.8. The Balaban J connectivity index is 2.72. The molecule has 0 amide bonds. The van der Waals surface area contributed by atoms with Crippen LogP contribution in [0, 0.1) is 0 Å². The van der Waals surface area contributed by atoms with E-state index in [1.54, 1.807) is 12.1 Å². The largest absolute Gasteiger partial charge is 0.251 e. The van der Waals surface area contributed by atoms with Crippen LogP contribution < -0.4 is 0 Å². The standard InChI is InChI=1S/C9H9Cl2F/c10-8-4-3-7(2-1-5-12)9(11)6-8/h3-4,6H,1-2,5H2. The molecule has 1 rings (SSSR count). The molecule has 0 nitrogen and oxygen atoms in total. The average molecular weight is 207 g/mol. The molecule has 12 heavy (non-hydrogen) atoms. The number of aryl methyl sites for hydroxylation is 1. The van der Waals surface area contributed by atoms with Crippen LogP contribution in [0.4, 0.5) is 4.39 Å². The number of halogens is 3. The summed E-state index contributed by atoms with van der Waals surface area (Å²) >= 11 is 11.6. The summed E-state index contributed by atoms with van der Waals surface area (Å²) in [6.07, 6.45) is 1.19. The van der Waals surface area contributed by atoms with Gasteiger partial charge in [0, 0.05) is 10.0 Å². The molecule has 3 heteroatoms. The first-order chi connectivity index (χ1) is 5.74. The molecule has 0 aliphatic carbocycles. The molecule has 0 saturated carbocycles. The molecule has 0 aromatic heterocycles. The second-order valence-electron chi connectivity index (χ2n) is 2.53. The summed E-state index contributed by atoms with van der Waals surface area (Å²) in [6.45, 7) is -0.307. The van der Waals surface area contributed by atoms with Crippen LogP contribution in [-0.2, 0) is 6.42 Å². The second kappa shape index (κ2) is 4.68. The van der Waals surface area contributed by atoms with E-state index in [0.717, 1.165) is 5.56 Å². The first-order valence-electron chi connectivity index (χ1n) is 3.74. The zero-order chi connectivity index (χ0) is 8.97. The second-order valence-corrected chi connectivity index (χ2v) is 3.37. The molecule has 0 fully saturated rings. The molecular weight excluding hydrogens is 198 g/mol. The fraction of sp³-hybridized carbons (Fsp3) is 0.333. The molecule has 1 aromatic carbocycles. The number of rotatable bonds is 3. The molecule has 1 aromatic rings. The smallest absolute Gasteiger partial charge is 0.0897 e. The Morgan fingerprint density at radius 3 is 2.58 bits per heavy atom. The van der Waals surface area contributed by atoms with Crippen molar-refractivity contribution >= 4 is 23.2 Å².